The summed E-state index contributed by atoms with van der Waals surface area (Å²) in [6.45, 7) is 1.62. The van der Waals surface area contributed by atoms with Gasteiger partial charge in [0.05, 0.1) is 6.10 Å². The fourth-order valence-corrected chi connectivity index (χ4v) is 1.11. The van der Waals surface area contributed by atoms with Crippen LogP contribution in [0.1, 0.15) is 18.9 Å². The quantitative estimate of drug-likeness (QED) is 0.767. The van der Waals surface area contributed by atoms with Crippen molar-refractivity contribution in [2.45, 2.75) is 25.9 Å². The van der Waals surface area contributed by atoms with Crippen LogP contribution >= 0.6 is 0 Å². The Kier molecular flexibility index (Phi) is 3.37. The van der Waals surface area contributed by atoms with Crippen LogP contribution in [0.4, 0.5) is 8.78 Å². The van der Waals surface area contributed by atoms with E-state index in [1.54, 1.807) is 6.92 Å². The van der Waals surface area contributed by atoms with Crippen molar-refractivity contribution in [3.63, 3.8) is 0 Å². The zero-order valence-electron chi connectivity index (χ0n) is 7.43. The molecule has 3 heteroatoms. The Morgan fingerprint density at radius 1 is 1.38 bits per heavy atom. The largest absolute Gasteiger partial charge is 0.393 e. The second-order valence-corrected chi connectivity index (χ2v) is 3.10. The van der Waals surface area contributed by atoms with Gasteiger partial charge in [0.25, 0.3) is 0 Å². The van der Waals surface area contributed by atoms with Crippen LogP contribution in [-0.2, 0) is 6.42 Å². The first kappa shape index (κ1) is 10.1. The van der Waals surface area contributed by atoms with Crippen LogP contribution in [0, 0.1) is 11.6 Å². The normalized spacial score (nSPS) is 12.9. The van der Waals surface area contributed by atoms with E-state index in [4.69, 9.17) is 5.11 Å². The molecule has 1 nitrogen and oxygen atoms in total. The lowest BCUT2D eigenvalue weighted by Gasteiger charge is -2.05. The Morgan fingerprint density at radius 3 is 2.69 bits per heavy atom. The molecule has 1 atom stereocenters. The van der Waals surface area contributed by atoms with E-state index in [0.29, 0.717) is 18.4 Å². The number of aliphatic hydroxyl groups is 1. The number of rotatable bonds is 3. The molecule has 0 aliphatic carbocycles. The summed E-state index contributed by atoms with van der Waals surface area (Å²) < 4.78 is 25.7. The van der Waals surface area contributed by atoms with Crippen molar-refractivity contribution < 1.29 is 13.9 Å². The molecule has 0 saturated heterocycles. The van der Waals surface area contributed by atoms with Crippen LogP contribution < -0.4 is 0 Å². The molecule has 0 heterocycles. The fraction of sp³-hybridized carbons (Fsp3) is 0.400. The predicted molar refractivity (Wildman–Crippen MR) is 46.4 cm³/mol. The van der Waals surface area contributed by atoms with Crippen LogP contribution in [-0.4, -0.2) is 11.2 Å². The van der Waals surface area contributed by atoms with Crippen molar-refractivity contribution in [3.8, 4) is 0 Å². The minimum Gasteiger partial charge on any atom is -0.393 e. The smallest absolute Gasteiger partial charge is 0.162 e. The van der Waals surface area contributed by atoms with Gasteiger partial charge in [0.2, 0.25) is 0 Å². The molecule has 1 rings (SSSR count). The van der Waals surface area contributed by atoms with E-state index >= 15 is 0 Å². The summed E-state index contributed by atoms with van der Waals surface area (Å²) >= 11 is 0. The topological polar surface area (TPSA) is 20.2 Å². The third-order valence-electron chi connectivity index (χ3n) is 1.86. The molecule has 0 spiro atoms. The molecule has 0 unspecified atom stereocenters. The highest BCUT2D eigenvalue weighted by Crippen LogP contribution is 2.13. The Balaban J connectivity index is 2.71. The summed E-state index contributed by atoms with van der Waals surface area (Å²) in [5.41, 5.74) is 0.320. The van der Waals surface area contributed by atoms with Crippen molar-refractivity contribution in [2.24, 2.45) is 0 Å². The van der Waals surface area contributed by atoms with Gasteiger partial charge >= 0.3 is 0 Å². The van der Waals surface area contributed by atoms with Crippen LogP contribution in [0.15, 0.2) is 18.2 Å². The summed E-state index contributed by atoms with van der Waals surface area (Å²) in [5, 5.41) is 8.96. The molecule has 0 amide bonds. The van der Waals surface area contributed by atoms with E-state index in [-0.39, 0.29) is 0 Å². The Morgan fingerprint density at radius 2 is 2.08 bits per heavy atom. The number of halogens is 2. The highest BCUT2D eigenvalue weighted by molar-refractivity contribution is 5.18. The highest BCUT2D eigenvalue weighted by Gasteiger charge is 2.07. The summed E-state index contributed by atoms with van der Waals surface area (Å²) in [7, 11) is 0. The van der Waals surface area contributed by atoms with E-state index in [9.17, 15) is 8.78 Å². The SMILES string of the molecule is C[C@H](O)CCc1cccc(F)c1F. The van der Waals surface area contributed by atoms with E-state index in [1.165, 1.54) is 12.1 Å². The number of benzene rings is 1. The molecule has 1 aromatic carbocycles. The van der Waals surface area contributed by atoms with Gasteiger partial charge in [-0.2, -0.15) is 0 Å². The molecular weight excluding hydrogens is 174 g/mol. The van der Waals surface area contributed by atoms with Crippen LogP contribution in [0.5, 0.6) is 0 Å². The number of aryl methyl sites for hydroxylation is 1. The van der Waals surface area contributed by atoms with Gasteiger partial charge in [0, 0.05) is 0 Å². The zero-order chi connectivity index (χ0) is 9.84. The van der Waals surface area contributed by atoms with Crippen molar-refractivity contribution >= 4 is 0 Å². The second kappa shape index (κ2) is 4.33. The number of hydrogen-bond donors (Lipinski definition) is 1. The lowest BCUT2D eigenvalue weighted by Crippen LogP contribution is -2.03. The van der Waals surface area contributed by atoms with Gasteiger partial charge in [-0.25, -0.2) is 8.78 Å². The average Bonchev–Trinajstić information content (AvgIpc) is 2.07. The minimum atomic E-state index is -0.830. The van der Waals surface area contributed by atoms with Crippen molar-refractivity contribution in [2.75, 3.05) is 0 Å². The molecule has 0 aliphatic heterocycles. The summed E-state index contributed by atoms with van der Waals surface area (Å²) in [5.74, 6) is -1.63. The molecule has 0 saturated carbocycles. The van der Waals surface area contributed by atoms with Gasteiger partial charge in [0.1, 0.15) is 0 Å². The second-order valence-electron chi connectivity index (χ2n) is 3.10. The number of aliphatic hydroxyl groups excluding tert-OH is 1. The summed E-state index contributed by atoms with van der Waals surface area (Å²) in [6, 6.07) is 4.08. The Labute approximate surface area is 76.0 Å². The molecule has 1 N–H and O–H groups in total. The first-order valence-corrected chi connectivity index (χ1v) is 4.22. The number of hydrogen-bond acceptors (Lipinski definition) is 1. The Bertz CT molecular complexity index is 284. The van der Waals surface area contributed by atoms with E-state index < -0.39 is 17.7 Å². The maximum atomic E-state index is 13.0. The first-order chi connectivity index (χ1) is 6.11. The minimum absolute atomic E-state index is 0.320. The standard InChI is InChI=1S/C10H12F2O/c1-7(13)5-6-8-3-2-4-9(11)10(8)12/h2-4,7,13H,5-6H2,1H3/t7-/m0/s1. The Hall–Kier alpha value is -0.960. The zero-order valence-corrected chi connectivity index (χ0v) is 7.43. The lowest BCUT2D eigenvalue weighted by molar-refractivity contribution is 0.184. The monoisotopic (exact) mass is 186 g/mol. The van der Waals surface area contributed by atoms with Gasteiger partial charge in [-0.3, -0.25) is 0 Å². The van der Waals surface area contributed by atoms with Gasteiger partial charge in [-0.15, -0.1) is 0 Å². The predicted octanol–water partition coefficient (Wildman–Crippen LogP) is 2.28. The molecule has 0 radical (unpaired) electrons. The molecule has 0 aromatic heterocycles. The summed E-state index contributed by atoms with van der Waals surface area (Å²) in [6.07, 6.45) is 0.324. The summed E-state index contributed by atoms with van der Waals surface area (Å²) in [4.78, 5) is 0. The maximum absolute atomic E-state index is 13.0. The molecule has 72 valence electrons. The van der Waals surface area contributed by atoms with Crippen molar-refractivity contribution in [1.29, 1.82) is 0 Å². The molecule has 0 bridgehead atoms. The fourth-order valence-electron chi connectivity index (χ4n) is 1.11. The molecule has 13 heavy (non-hydrogen) atoms. The average molecular weight is 186 g/mol. The van der Waals surface area contributed by atoms with Gasteiger partial charge < -0.3 is 5.11 Å². The van der Waals surface area contributed by atoms with Crippen molar-refractivity contribution in [1.82, 2.24) is 0 Å². The molecule has 0 aliphatic rings. The van der Waals surface area contributed by atoms with Gasteiger partial charge in [-0.1, -0.05) is 12.1 Å². The molecule has 0 fully saturated rings. The maximum Gasteiger partial charge on any atom is 0.162 e. The molecular formula is C10H12F2O. The third kappa shape index (κ3) is 2.77. The molecule has 1 aromatic rings. The van der Waals surface area contributed by atoms with Gasteiger partial charge in [-0.05, 0) is 31.4 Å². The van der Waals surface area contributed by atoms with Crippen LogP contribution in [0.25, 0.3) is 0 Å². The van der Waals surface area contributed by atoms with Crippen LogP contribution in [0.3, 0.4) is 0 Å². The third-order valence-corrected chi connectivity index (χ3v) is 1.86. The highest BCUT2D eigenvalue weighted by atomic mass is 19.2. The van der Waals surface area contributed by atoms with E-state index in [0.717, 1.165) is 6.07 Å². The first-order valence-electron chi connectivity index (χ1n) is 4.22. The van der Waals surface area contributed by atoms with Crippen molar-refractivity contribution in [3.05, 3.63) is 35.4 Å². The van der Waals surface area contributed by atoms with E-state index in [1.807, 2.05) is 0 Å². The van der Waals surface area contributed by atoms with Crippen LogP contribution in [0.2, 0.25) is 0 Å². The van der Waals surface area contributed by atoms with E-state index in [2.05, 4.69) is 0 Å². The van der Waals surface area contributed by atoms with Gasteiger partial charge in [0.15, 0.2) is 11.6 Å². The lowest BCUT2D eigenvalue weighted by atomic mass is 10.1.